The van der Waals surface area contributed by atoms with Crippen LogP contribution in [0.1, 0.15) is 50.0 Å². The van der Waals surface area contributed by atoms with E-state index >= 15 is 0 Å². The molecule has 0 bridgehead atoms. The van der Waals surface area contributed by atoms with Crippen LogP contribution in [0.5, 0.6) is 0 Å². The van der Waals surface area contributed by atoms with Gasteiger partial charge in [-0.05, 0) is 60.5 Å². The molecule has 0 amide bonds. The van der Waals surface area contributed by atoms with Crippen molar-refractivity contribution in [2.45, 2.75) is 38.9 Å². The molecule has 15 heavy (non-hydrogen) atoms. The Hall–Kier alpha value is 0.320. The highest BCUT2D eigenvalue weighted by atomic mass is 32.1. The molecular formula is C10H16O2S3. The van der Waals surface area contributed by atoms with Gasteiger partial charge in [0.25, 0.3) is 0 Å². The molecule has 0 aromatic carbocycles. The summed E-state index contributed by atoms with van der Waals surface area (Å²) in [6.07, 6.45) is 1.87. The van der Waals surface area contributed by atoms with E-state index in [2.05, 4.69) is 50.4 Å². The molecule has 0 saturated heterocycles. The lowest BCUT2D eigenvalue weighted by atomic mass is 10.0. The van der Waals surface area contributed by atoms with Crippen LogP contribution in [0, 0.1) is 0 Å². The third-order valence-electron chi connectivity index (χ3n) is 2.41. The average molecular weight is 264 g/mol. The van der Waals surface area contributed by atoms with Crippen LogP contribution >= 0.6 is 37.2 Å². The van der Waals surface area contributed by atoms with Gasteiger partial charge < -0.3 is 8.37 Å². The molecule has 0 radical (unpaired) electrons. The van der Waals surface area contributed by atoms with Crippen molar-refractivity contribution in [2.24, 2.45) is 0 Å². The summed E-state index contributed by atoms with van der Waals surface area (Å²) in [5.74, 6) is 0. The fourth-order valence-corrected chi connectivity index (χ4v) is 3.00. The van der Waals surface area contributed by atoms with E-state index in [9.17, 15) is 0 Å². The molecule has 2 nitrogen and oxygen atoms in total. The van der Waals surface area contributed by atoms with E-state index in [4.69, 9.17) is 8.37 Å². The predicted molar refractivity (Wildman–Crippen MR) is 70.5 cm³/mol. The lowest BCUT2D eigenvalue weighted by Gasteiger charge is -2.17. The van der Waals surface area contributed by atoms with Crippen LogP contribution in [-0.4, -0.2) is 0 Å². The van der Waals surface area contributed by atoms with Crippen molar-refractivity contribution in [3.05, 3.63) is 21.9 Å². The first-order valence-electron chi connectivity index (χ1n) is 4.94. The molecule has 2 atom stereocenters. The quantitative estimate of drug-likeness (QED) is 0.587. The van der Waals surface area contributed by atoms with Gasteiger partial charge in [0, 0.05) is 0 Å². The zero-order valence-corrected chi connectivity index (χ0v) is 11.4. The highest BCUT2D eigenvalue weighted by molar-refractivity contribution is 7.75. The smallest absolute Gasteiger partial charge is 0.0977 e. The minimum absolute atomic E-state index is 0.0344. The van der Waals surface area contributed by atoms with Crippen molar-refractivity contribution < 1.29 is 8.37 Å². The molecule has 0 spiro atoms. The molecule has 1 heterocycles. The average Bonchev–Trinajstić information content (AvgIpc) is 2.71. The number of hydrogen-bond acceptors (Lipinski definition) is 5. The Morgan fingerprint density at radius 3 is 1.73 bits per heavy atom. The van der Waals surface area contributed by atoms with Crippen LogP contribution in [0.15, 0.2) is 10.8 Å². The fraction of sp³-hybridized carbons (Fsp3) is 0.600. The summed E-state index contributed by atoms with van der Waals surface area (Å²) in [7, 11) is 0. The Balaban J connectivity index is 2.93. The molecule has 1 rings (SSSR count). The second-order valence-corrected chi connectivity index (χ2v) is 4.45. The van der Waals surface area contributed by atoms with Crippen molar-refractivity contribution in [1.29, 1.82) is 0 Å². The summed E-state index contributed by atoms with van der Waals surface area (Å²) in [6.45, 7) is 4.15. The number of rotatable bonds is 6. The van der Waals surface area contributed by atoms with Gasteiger partial charge in [0.1, 0.15) is 0 Å². The van der Waals surface area contributed by atoms with Crippen LogP contribution < -0.4 is 0 Å². The Morgan fingerprint density at radius 2 is 1.47 bits per heavy atom. The normalized spacial score (nSPS) is 15.2. The SMILES string of the molecule is CCC(OS)c1cscc1C(CC)OS. The van der Waals surface area contributed by atoms with E-state index in [0.717, 1.165) is 12.8 Å². The van der Waals surface area contributed by atoms with E-state index in [0.29, 0.717) is 0 Å². The third kappa shape index (κ3) is 3.14. The highest BCUT2D eigenvalue weighted by Crippen LogP contribution is 2.35. The summed E-state index contributed by atoms with van der Waals surface area (Å²) in [5, 5.41) is 4.18. The summed E-state index contributed by atoms with van der Waals surface area (Å²) in [4.78, 5) is 0. The van der Waals surface area contributed by atoms with Crippen molar-refractivity contribution in [2.75, 3.05) is 0 Å². The van der Waals surface area contributed by atoms with Crippen molar-refractivity contribution in [1.82, 2.24) is 0 Å². The summed E-state index contributed by atoms with van der Waals surface area (Å²) >= 11 is 9.46. The molecular weight excluding hydrogens is 248 g/mol. The minimum atomic E-state index is 0.0344. The molecule has 5 heteroatoms. The van der Waals surface area contributed by atoms with Crippen LogP contribution in [0.3, 0.4) is 0 Å². The topological polar surface area (TPSA) is 18.5 Å². The Kier molecular flexibility index (Phi) is 6.07. The van der Waals surface area contributed by atoms with Gasteiger partial charge in [-0.2, -0.15) is 11.3 Å². The molecule has 2 unspecified atom stereocenters. The van der Waals surface area contributed by atoms with Crippen LogP contribution in [-0.2, 0) is 8.37 Å². The maximum absolute atomic E-state index is 5.14. The van der Waals surface area contributed by atoms with Gasteiger partial charge in [0.05, 0.1) is 12.2 Å². The molecule has 0 aliphatic rings. The second kappa shape index (κ2) is 6.81. The molecule has 0 N–H and O–H groups in total. The van der Waals surface area contributed by atoms with Gasteiger partial charge in [0.2, 0.25) is 0 Å². The summed E-state index contributed by atoms with van der Waals surface area (Å²) < 4.78 is 10.3. The van der Waals surface area contributed by atoms with Gasteiger partial charge in [0.15, 0.2) is 0 Å². The number of thiol groups is 2. The largest absolute Gasteiger partial charge is 0.310 e. The molecule has 1 aromatic heterocycles. The van der Waals surface area contributed by atoms with Gasteiger partial charge in [-0.25, -0.2) is 0 Å². The monoisotopic (exact) mass is 264 g/mol. The zero-order valence-electron chi connectivity index (χ0n) is 8.84. The Bertz CT molecular complexity index is 253. The Labute approximate surface area is 106 Å². The highest BCUT2D eigenvalue weighted by Gasteiger charge is 2.20. The predicted octanol–water partition coefficient (Wildman–Crippen LogP) is 4.37. The minimum Gasteiger partial charge on any atom is -0.310 e. The van der Waals surface area contributed by atoms with Gasteiger partial charge in [-0.3, -0.25) is 0 Å². The maximum atomic E-state index is 5.14. The molecule has 1 aromatic rings. The second-order valence-electron chi connectivity index (χ2n) is 3.29. The van der Waals surface area contributed by atoms with Gasteiger partial charge >= 0.3 is 0 Å². The van der Waals surface area contributed by atoms with E-state index < -0.39 is 0 Å². The standard InChI is InChI=1S/C10H16O2S3/c1-3-9(11-13)7-5-15-6-8(7)10(4-2)12-14/h5-6,9-10,13-14H,3-4H2,1-2H3. The fourth-order valence-electron chi connectivity index (χ4n) is 1.54. The van der Waals surface area contributed by atoms with Crippen LogP contribution in [0.25, 0.3) is 0 Å². The van der Waals surface area contributed by atoms with E-state index in [1.165, 1.54) is 11.1 Å². The van der Waals surface area contributed by atoms with Crippen molar-refractivity contribution >= 4 is 37.2 Å². The van der Waals surface area contributed by atoms with Crippen molar-refractivity contribution in [3.8, 4) is 0 Å². The molecule has 0 aliphatic heterocycles. The summed E-state index contributed by atoms with van der Waals surface area (Å²) in [5.41, 5.74) is 2.33. The lowest BCUT2D eigenvalue weighted by molar-refractivity contribution is 0.222. The molecule has 0 aliphatic carbocycles. The van der Waals surface area contributed by atoms with E-state index in [1.54, 1.807) is 11.3 Å². The van der Waals surface area contributed by atoms with Gasteiger partial charge in [-0.1, -0.05) is 13.8 Å². The van der Waals surface area contributed by atoms with Crippen molar-refractivity contribution in [3.63, 3.8) is 0 Å². The first-order chi connectivity index (χ1) is 7.28. The number of hydrogen-bond donors (Lipinski definition) is 2. The third-order valence-corrected chi connectivity index (χ3v) is 3.70. The maximum Gasteiger partial charge on any atom is 0.0977 e. The van der Waals surface area contributed by atoms with E-state index in [1.807, 2.05) is 0 Å². The lowest BCUT2D eigenvalue weighted by Crippen LogP contribution is -2.04. The van der Waals surface area contributed by atoms with Gasteiger partial charge in [-0.15, -0.1) is 0 Å². The summed E-state index contributed by atoms with van der Waals surface area (Å²) in [6, 6.07) is 0. The first kappa shape index (κ1) is 13.4. The molecule has 0 saturated carbocycles. The number of thiophene rings is 1. The van der Waals surface area contributed by atoms with Crippen LogP contribution in [0.4, 0.5) is 0 Å². The first-order valence-corrected chi connectivity index (χ1v) is 6.62. The zero-order chi connectivity index (χ0) is 11.3. The Morgan fingerprint density at radius 1 is 1.07 bits per heavy atom. The van der Waals surface area contributed by atoms with E-state index in [-0.39, 0.29) is 12.2 Å². The molecule has 86 valence electrons. The van der Waals surface area contributed by atoms with Crippen LogP contribution in [0.2, 0.25) is 0 Å². The molecule has 0 fully saturated rings.